The molecule has 0 radical (unpaired) electrons. The van der Waals surface area contributed by atoms with Crippen molar-refractivity contribution in [3.63, 3.8) is 0 Å². The molecule has 0 amide bonds. The third kappa shape index (κ3) is 1.75. The number of hydrogen-bond acceptors (Lipinski definition) is 2. The summed E-state index contributed by atoms with van der Waals surface area (Å²) < 4.78 is 5.83. The van der Waals surface area contributed by atoms with E-state index >= 15 is 0 Å². The van der Waals surface area contributed by atoms with Crippen molar-refractivity contribution in [3.05, 3.63) is 40.0 Å². The van der Waals surface area contributed by atoms with Crippen molar-refractivity contribution in [2.45, 2.75) is 6.92 Å². The Labute approximate surface area is 90.1 Å². The fourth-order valence-corrected chi connectivity index (χ4v) is 1.62. The molecule has 0 aliphatic heterocycles. The van der Waals surface area contributed by atoms with Crippen molar-refractivity contribution in [1.29, 1.82) is 0 Å². The van der Waals surface area contributed by atoms with Gasteiger partial charge in [-0.15, -0.1) is 0 Å². The van der Waals surface area contributed by atoms with Gasteiger partial charge in [0.15, 0.2) is 0 Å². The molecule has 0 unspecified atom stereocenters. The zero-order valence-corrected chi connectivity index (χ0v) is 9.28. The third-order valence-electron chi connectivity index (χ3n) is 1.90. The number of oxazole rings is 1. The van der Waals surface area contributed by atoms with Crippen LogP contribution in [0.25, 0.3) is 11.3 Å². The standard InChI is InChI=1S/C10H8INO/c1-7-4-2-3-5-8(7)9-6-13-10(11)12-9/h2-6H,1H3. The van der Waals surface area contributed by atoms with Crippen molar-refractivity contribution in [3.8, 4) is 11.3 Å². The minimum Gasteiger partial charge on any atom is -0.440 e. The lowest BCUT2D eigenvalue weighted by atomic mass is 10.1. The Morgan fingerprint density at radius 3 is 2.69 bits per heavy atom. The van der Waals surface area contributed by atoms with Gasteiger partial charge in [-0.1, -0.05) is 24.3 Å². The topological polar surface area (TPSA) is 26.0 Å². The normalized spacial score (nSPS) is 10.3. The lowest BCUT2D eigenvalue weighted by molar-refractivity contribution is 0.525. The molecular formula is C10H8INO. The van der Waals surface area contributed by atoms with Crippen molar-refractivity contribution in [1.82, 2.24) is 4.98 Å². The molecule has 66 valence electrons. The van der Waals surface area contributed by atoms with E-state index in [9.17, 15) is 0 Å². The summed E-state index contributed by atoms with van der Waals surface area (Å²) in [5, 5.41) is 0. The zero-order chi connectivity index (χ0) is 9.26. The number of nitrogens with zero attached hydrogens (tertiary/aromatic N) is 1. The summed E-state index contributed by atoms with van der Waals surface area (Å²) in [5.74, 6) is 0. The van der Waals surface area contributed by atoms with Gasteiger partial charge >= 0.3 is 0 Å². The van der Waals surface area contributed by atoms with Gasteiger partial charge < -0.3 is 4.42 Å². The van der Waals surface area contributed by atoms with Crippen LogP contribution < -0.4 is 0 Å². The Morgan fingerprint density at radius 1 is 1.31 bits per heavy atom. The fourth-order valence-electron chi connectivity index (χ4n) is 1.24. The first kappa shape index (κ1) is 8.74. The van der Waals surface area contributed by atoms with Crippen molar-refractivity contribution >= 4 is 22.6 Å². The van der Waals surface area contributed by atoms with Gasteiger partial charge in [-0.25, -0.2) is 4.98 Å². The second-order valence-corrected chi connectivity index (χ2v) is 3.72. The first-order valence-electron chi connectivity index (χ1n) is 3.94. The minimum absolute atomic E-state index is 0.677. The number of halogens is 1. The summed E-state index contributed by atoms with van der Waals surface area (Å²) in [5.41, 5.74) is 3.25. The molecule has 1 heterocycles. The average molecular weight is 285 g/mol. The van der Waals surface area contributed by atoms with E-state index in [1.54, 1.807) is 6.26 Å². The SMILES string of the molecule is Cc1ccccc1-c1coc(I)n1. The summed E-state index contributed by atoms with van der Waals surface area (Å²) in [6.07, 6.45) is 1.68. The number of aromatic nitrogens is 1. The molecule has 1 aromatic carbocycles. The molecule has 2 nitrogen and oxygen atoms in total. The van der Waals surface area contributed by atoms with E-state index in [0.29, 0.717) is 3.90 Å². The first-order valence-corrected chi connectivity index (χ1v) is 5.02. The monoisotopic (exact) mass is 285 g/mol. The third-order valence-corrected chi connectivity index (χ3v) is 2.39. The van der Waals surface area contributed by atoms with Gasteiger partial charge in [-0.2, -0.15) is 0 Å². The van der Waals surface area contributed by atoms with Crippen molar-refractivity contribution < 1.29 is 4.42 Å². The van der Waals surface area contributed by atoms with Crippen LogP contribution in [0.2, 0.25) is 0 Å². The van der Waals surface area contributed by atoms with Crippen molar-refractivity contribution in [2.75, 3.05) is 0 Å². The maximum absolute atomic E-state index is 5.15. The van der Waals surface area contributed by atoms with E-state index in [4.69, 9.17) is 4.42 Å². The van der Waals surface area contributed by atoms with Crippen LogP contribution in [-0.4, -0.2) is 4.98 Å². The van der Waals surface area contributed by atoms with Crippen LogP contribution in [0, 0.1) is 10.8 Å². The molecule has 0 atom stereocenters. The Morgan fingerprint density at radius 2 is 2.08 bits per heavy atom. The van der Waals surface area contributed by atoms with Gasteiger partial charge in [0.05, 0.1) is 0 Å². The molecule has 0 saturated carbocycles. The summed E-state index contributed by atoms with van der Waals surface area (Å²) >= 11 is 2.06. The second-order valence-electron chi connectivity index (χ2n) is 2.80. The largest absolute Gasteiger partial charge is 0.440 e. The quantitative estimate of drug-likeness (QED) is 0.752. The lowest BCUT2D eigenvalue weighted by Gasteiger charge is -1.98. The second kappa shape index (κ2) is 3.49. The van der Waals surface area contributed by atoms with E-state index in [-0.39, 0.29) is 0 Å². The van der Waals surface area contributed by atoms with Gasteiger partial charge in [0.1, 0.15) is 12.0 Å². The molecule has 0 N–H and O–H groups in total. The molecule has 0 aliphatic carbocycles. The van der Waals surface area contributed by atoms with Crippen LogP contribution >= 0.6 is 22.6 Å². The fraction of sp³-hybridized carbons (Fsp3) is 0.100. The van der Waals surface area contributed by atoms with Gasteiger partial charge in [0.2, 0.25) is 0 Å². The van der Waals surface area contributed by atoms with E-state index in [2.05, 4.69) is 40.6 Å². The highest BCUT2D eigenvalue weighted by atomic mass is 127. The summed E-state index contributed by atoms with van der Waals surface area (Å²) in [7, 11) is 0. The summed E-state index contributed by atoms with van der Waals surface area (Å²) in [6, 6.07) is 8.13. The van der Waals surface area contributed by atoms with Crippen LogP contribution in [-0.2, 0) is 0 Å². The van der Waals surface area contributed by atoms with E-state index in [1.807, 2.05) is 18.2 Å². The van der Waals surface area contributed by atoms with Crippen LogP contribution in [0.5, 0.6) is 0 Å². The van der Waals surface area contributed by atoms with E-state index < -0.39 is 0 Å². The highest BCUT2D eigenvalue weighted by Gasteiger charge is 2.05. The lowest BCUT2D eigenvalue weighted by Crippen LogP contribution is -1.81. The van der Waals surface area contributed by atoms with Crippen LogP contribution in [0.4, 0.5) is 0 Å². The van der Waals surface area contributed by atoms with Gasteiger partial charge in [0.25, 0.3) is 3.90 Å². The molecule has 0 bridgehead atoms. The molecule has 2 aromatic rings. The maximum atomic E-state index is 5.15. The first-order chi connectivity index (χ1) is 6.27. The highest BCUT2D eigenvalue weighted by molar-refractivity contribution is 14.1. The van der Waals surface area contributed by atoms with Crippen LogP contribution in [0.1, 0.15) is 5.56 Å². The number of hydrogen-bond donors (Lipinski definition) is 0. The van der Waals surface area contributed by atoms with E-state index in [1.165, 1.54) is 5.56 Å². The Hall–Kier alpha value is -0.840. The molecule has 3 heteroatoms. The van der Waals surface area contributed by atoms with E-state index in [0.717, 1.165) is 11.3 Å². The molecule has 13 heavy (non-hydrogen) atoms. The van der Waals surface area contributed by atoms with Crippen molar-refractivity contribution in [2.24, 2.45) is 0 Å². The predicted molar refractivity (Wildman–Crippen MR) is 59.4 cm³/mol. The number of benzene rings is 1. The maximum Gasteiger partial charge on any atom is 0.257 e. The van der Waals surface area contributed by atoms with Gasteiger partial charge in [0, 0.05) is 28.2 Å². The van der Waals surface area contributed by atoms with Gasteiger partial charge in [-0.05, 0) is 12.5 Å². The molecule has 2 rings (SSSR count). The Balaban J connectivity index is 2.52. The average Bonchev–Trinajstić information content (AvgIpc) is 2.53. The molecular weight excluding hydrogens is 277 g/mol. The molecule has 0 fully saturated rings. The van der Waals surface area contributed by atoms with Crippen LogP contribution in [0.3, 0.4) is 0 Å². The van der Waals surface area contributed by atoms with Gasteiger partial charge in [-0.3, -0.25) is 0 Å². The highest BCUT2D eigenvalue weighted by Crippen LogP contribution is 2.22. The number of rotatable bonds is 1. The molecule has 1 aromatic heterocycles. The van der Waals surface area contributed by atoms with Crippen LogP contribution in [0.15, 0.2) is 34.9 Å². The number of aryl methyl sites for hydroxylation is 1. The molecule has 0 aliphatic rings. The predicted octanol–water partition coefficient (Wildman–Crippen LogP) is 3.25. The smallest absolute Gasteiger partial charge is 0.257 e. The summed E-state index contributed by atoms with van der Waals surface area (Å²) in [4.78, 5) is 4.26. The Kier molecular flexibility index (Phi) is 2.35. The zero-order valence-electron chi connectivity index (χ0n) is 7.12. The summed E-state index contributed by atoms with van der Waals surface area (Å²) in [6.45, 7) is 2.07. The Bertz CT molecular complexity index is 422. The minimum atomic E-state index is 0.677. The molecule has 0 saturated heterocycles. The molecule has 0 spiro atoms.